The first-order chi connectivity index (χ1) is 7.98. The maximum Gasteiger partial charge on any atom is -0.0233 e. The molecule has 0 spiro atoms. The van der Waals surface area contributed by atoms with Crippen molar-refractivity contribution in [3.63, 3.8) is 0 Å². The Kier molecular flexibility index (Phi) is 2.23. The maximum absolute atomic E-state index is 3.77. The van der Waals surface area contributed by atoms with Gasteiger partial charge in [-0.1, -0.05) is 45.6 Å². The van der Waals surface area contributed by atoms with Crippen LogP contribution in [-0.4, -0.2) is 0 Å². The summed E-state index contributed by atoms with van der Waals surface area (Å²) in [7, 11) is 0. The first-order valence-electron chi connectivity index (χ1n) is 7.25. The van der Waals surface area contributed by atoms with E-state index in [0.717, 1.165) is 11.8 Å². The third-order valence-electron chi connectivity index (χ3n) is 7.01. The first kappa shape index (κ1) is 11.6. The normalized spacial score (nSPS) is 55.9. The monoisotopic (exact) mass is 230 g/mol. The van der Waals surface area contributed by atoms with E-state index in [9.17, 15) is 0 Å². The summed E-state index contributed by atoms with van der Waals surface area (Å²) in [4.78, 5) is 0. The number of fused-ring (bicyclic) bond motifs is 4. The molecule has 3 rings (SSSR count). The van der Waals surface area contributed by atoms with E-state index < -0.39 is 0 Å². The summed E-state index contributed by atoms with van der Waals surface area (Å²) in [5, 5.41) is 0. The standard InChI is InChI=1S/C17H26/c1-5-6-7-9-15(2)11-12-17(4)14(15)13-8-10-16(13,17)3/h5-7,13-14H,1,8-12H2,2-4H3/b7-6-. The summed E-state index contributed by atoms with van der Waals surface area (Å²) in [6.45, 7) is 11.4. The third-order valence-corrected chi connectivity index (χ3v) is 7.01. The van der Waals surface area contributed by atoms with Crippen molar-refractivity contribution in [2.24, 2.45) is 28.1 Å². The molecule has 0 saturated heterocycles. The van der Waals surface area contributed by atoms with Crippen LogP contribution in [0.25, 0.3) is 0 Å². The van der Waals surface area contributed by atoms with Gasteiger partial charge < -0.3 is 0 Å². The summed E-state index contributed by atoms with van der Waals surface area (Å²) >= 11 is 0. The van der Waals surface area contributed by atoms with Crippen LogP contribution in [0.15, 0.2) is 24.8 Å². The van der Waals surface area contributed by atoms with Crippen molar-refractivity contribution in [1.29, 1.82) is 0 Å². The zero-order valence-electron chi connectivity index (χ0n) is 11.6. The molecule has 0 nitrogen and oxygen atoms in total. The molecule has 0 radical (unpaired) electrons. The second-order valence-electron chi connectivity index (χ2n) is 7.48. The molecule has 3 saturated carbocycles. The van der Waals surface area contributed by atoms with Gasteiger partial charge in [-0.3, -0.25) is 0 Å². The lowest BCUT2D eigenvalue weighted by Crippen LogP contribution is -2.68. The number of rotatable bonds is 3. The van der Waals surface area contributed by atoms with Crippen LogP contribution in [0.1, 0.15) is 52.9 Å². The van der Waals surface area contributed by atoms with Crippen LogP contribution in [0.5, 0.6) is 0 Å². The molecule has 3 aliphatic rings. The molecule has 0 amide bonds. The molecule has 0 aromatic rings. The van der Waals surface area contributed by atoms with Crippen molar-refractivity contribution >= 4 is 0 Å². The summed E-state index contributed by atoms with van der Waals surface area (Å²) in [6, 6.07) is 0. The van der Waals surface area contributed by atoms with Crippen molar-refractivity contribution in [2.75, 3.05) is 0 Å². The molecular formula is C17H26. The van der Waals surface area contributed by atoms with E-state index >= 15 is 0 Å². The lowest BCUT2D eigenvalue weighted by Gasteiger charge is -2.74. The minimum absolute atomic E-state index is 0.568. The van der Waals surface area contributed by atoms with Gasteiger partial charge in [0.15, 0.2) is 0 Å². The number of allylic oxidation sites excluding steroid dienone is 3. The number of hydrogen-bond donors (Lipinski definition) is 0. The smallest absolute Gasteiger partial charge is 0.0233 e. The highest BCUT2D eigenvalue weighted by Crippen LogP contribution is 2.83. The second kappa shape index (κ2) is 3.28. The molecule has 3 aliphatic carbocycles. The highest BCUT2D eigenvalue weighted by molar-refractivity contribution is 5.25. The summed E-state index contributed by atoms with van der Waals surface area (Å²) in [5.41, 5.74) is 1.93. The van der Waals surface area contributed by atoms with E-state index in [1.807, 2.05) is 6.08 Å². The van der Waals surface area contributed by atoms with Gasteiger partial charge in [0.05, 0.1) is 0 Å². The van der Waals surface area contributed by atoms with Crippen LogP contribution < -0.4 is 0 Å². The van der Waals surface area contributed by atoms with E-state index in [0.29, 0.717) is 16.2 Å². The molecule has 5 atom stereocenters. The van der Waals surface area contributed by atoms with Crippen LogP contribution in [-0.2, 0) is 0 Å². The Bertz CT molecular complexity index is 379. The number of hydrogen-bond acceptors (Lipinski definition) is 0. The maximum atomic E-state index is 3.77. The molecule has 0 heterocycles. The Balaban J connectivity index is 1.82. The van der Waals surface area contributed by atoms with Gasteiger partial charge in [0, 0.05) is 0 Å². The van der Waals surface area contributed by atoms with E-state index in [1.165, 1.54) is 32.1 Å². The van der Waals surface area contributed by atoms with Crippen molar-refractivity contribution < 1.29 is 0 Å². The van der Waals surface area contributed by atoms with E-state index in [2.05, 4.69) is 39.5 Å². The van der Waals surface area contributed by atoms with Crippen molar-refractivity contribution in [2.45, 2.75) is 52.9 Å². The third kappa shape index (κ3) is 1.15. The van der Waals surface area contributed by atoms with Gasteiger partial charge in [0.2, 0.25) is 0 Å². The summed E-state index contributed by atoms with van der Waals surface area (Å²) < 4.78 is 0. The molecule has 0 aromatic carbocycles. The fourth-order valence-corrected chi connectivity index (χ4v) is 5.75. The van der Waals surface area contributed by atoms with Crippen molar-refractivity contribution in [3.05, 3.63) is 24.8 Å². The van der Waals surface area contributed by atoms with Gasteiger partial charge in [-0.25, -0.2) is 0 Å². The van der Waals surface area contributed by atoms with Gasteiger partial charge in [-0.15, -0.1) is 0 Å². The minimum atomic E-state index is 0.568. The van der Waals surface area contributed by atoms with E-state index in [1.54, 1.807) is 0 Å². The van der Waals surface area contributed by atoms with E-state index in [-0.39, 0.29) is 0 Å². The summed E-state index contributed by atoms with van der Waals surface area (Å²) in [5.74, 6) is 2.03. The lowest BCUT2D eigenvalue weighted by atomic mass is 9.30. The van der Waals surface area contributed by atoms with Crippen LogP contribution in [0.4, 0.5) is 0 Å². The Morgan fingerprint density at radius 3 is 2.47 bits per heavy atom. The first-order valence-corrected chi connectivity index (χ1v) is 7.25. The van der Waals surface area contributed by atoms with Gasteiger partial charge >= 0.3 is 0 Å². The quantitative estimate of drug-likeness (QED) is 0.600. The van der Waals surface area contributed by atoms with E-state index in [4.69, 9.17) is 0 Å². The molecule has 5 unspecified atom stereocenters. The molecule has 0 N–H and O–H groups in total. The molecule has 0 aliphatic heterocycles. The zero-order valence-corrected chi connectivity index (χ0v) is 11.6. The predicted molar refractivity (Wildman–Crippen MR) is 73.7 cm³/mol. The Morgan fingerprint density at radius 1 is 1.12 bits per heavy atom. The molecule has 3 fully saturated rings. The van der Waals surface area contributed by atoms with Gasteiger partial charge in [-0.2, -0.15) is 0 Å². The Morgan fingerprint density at radius 2 is 1.88 bits per heavy atom. The molecule has 0 bridgehead atoms. The molecular weight excluding hydrogens is 204 g/mol. The predicted octanol–water partition coefficient (Wildman–Crippen LogP) is 4.97. The van der Waals surface area contributed by atoms with Crippen LogP contribution >= 0.6 is 0 Å². The molecule has 17 heavy (non-hydrogen) atoms. The van der Waals surface area contributed by atoms with Crippen molar-refractivity contribution in [3.8, 4) is 0 Å². The van der Waals surface area contributed by atoms with Crippen LogP contribution in [0, 0.1) is 28.1 Å². The topological polar surface area (TPSA) is 0 Å². The average molecular weight is 230 g/mol. The fourth-order valence-electron chi connectivity index (χ4n) is 5.75. The van der Waals surface area contributed by atoms with Gasteiger partial charge in [0.1, 0.15) is 0 Å². The highest BCUT2D eigenvalue weighted by Gasteiger charge is 2.76. The Labute approximate surface area is 106 Å². The largest absolute Gasteiger partial charge is 0.0991 e. The SMILES string of the molecule is C=C/C=C\CC1(C)CCC2(C)C1C1CCC12C. The Hall–Kier alpha value is -0.520. The lowest BCUT2D eigenvalue weighted by molar-refractivity contribution is -0.262. The minimum Gasteiger partial charge on any atom is -0.0991 e. The van der Waals surface area contributed by atoms with Gasteiger partial charge in [0.25, 0.3) is 0 Å². The summed E-state index contributed by atoms with van der Waals surface area (Å²) in [6.07, 6.45) is 13.5. The zero-order chi connectivity index (χ0) is 12.3. The van der Waals surface area contributed by atoms with Gasteiger partial charge in [-0.05, 0) is 60.2 Å². The average Bonchev–Trinajstić information content (AvgIpc) is 2.53. The van der Waals surface area contributed by atoms with Crippen molar-refractivity contribution in [1.82, 2.24) is 0 Å². The molecule has 94 valence electrons. The second-order valence-corrected chi connectivity index (χ2v) is 7.48. The molecule has 0 aromatic heterocycles. The van der Waals surface area contributed by atoms with Crippen LogP contribution in [0.3, 0.4) is 0 Å². The fraction of sp³-hybridized carbons (Fsp3) is 0.765. The molecule has 0 heteroatoms. The highest BCUT2D eigenvalue weighted by atomic mass is 14.8. The van der Waals surface area contributed by atoms with Crippen LogP contribution in [0.2, 0.25) is 0 Å².